The number of rotatable bonds is 5. The quantitative estimate of drug-likeness (QED) is 0.853. The minimum absolute atomic E-state index is 0.328. The first-order valence-corrected chi connectivity index (χ1v) is 7.33. The van der Waals surface area contributed by atoms with Gasteiger partial charge in [0.1, 0.15) is 0 Å². The summed E-state index contributed by atoms with van der Waals surface area (Å²) in [6, 6.07) is 0.328. The molecule has 1 saturated carbocycles. The molecule has 0 aliphatic heterocycles. The van der Waals surface area contributed by atoms with Crippen molar-refractivity contribution in [1.82, 2.24) is 4.98 Å². The zero-order chi connectivity index (χ0) is 11.4. The topological polar surface area (TPSA) is 38.9 Å². The maximum Gasteiger partial charge on any atom is 0.0928 e. The molecule has 1 unspecified atom stereocenters. The third kappa shape index (κ3) is 3.29. The van der Waals surface area contributed by atoms with Crippen LogP contribution in [0.25, 0.3) is 0 Å². The average molecular weight is 238 g/mol. The second-order valence-electron chi connectivity index (χ2n) is 5.02. The highest BCUT2D eigenvalue weighted by Crippen LogP contribution is 2.34. The van der Waals surface area contributed by atoms with E-state index >= 15 is 0 Å². The van der Waals surface area contributed by atoms with E-state index in [1.54, 1.807) is 0 Å². The lowest BCUT2D eigenvalue weighted by molar-refractivity contribution is 0.621. The predicted octanol–water partition coefficient (Wildman–Crippen LogP) is 3.47. The minimum atomic E-state index is 0.328. The lowest BCUT2D eigenvalue weighted by Gasteiger charge is -2.04. The number of nitrogens with zero attached hydrogens (tertiary/aromatic N) is 1. The molecule has 1 atom stereocenters. The van der Waals surface area contributed by atoms with E-state index in [2.05, 4.69) is 12.3 Å². The largest absolute Gasteiger partial charge is 0.328 e. The van der Waals surface area contributed by atoms with Crippen LogP contribution in [0.5, 0.6) is 0 Å². The van der Waals surface area contributed by atoms with Crippen molar-refractivity contribution < 1.29 is 0 Å². The summed E-state index contributed by atoms with van der Waals surface area (Å²) in [4.78, 5) is 4.77. The molecule has 0 saturated heterocycles. The van der Waals surface area contributed by atoms with Gasteiger partial charge in [-0.2, -0.15) is 0 Å². The van der Waals surface area contributed by atoms with Crippen LogP contribution in [0.4, 0.5) is 0 Å². The molecular formula is C13H22N2S. The smallest absolute Gasteiger partial charge is 0.0928 e. The van der Waals surface area contributed by atoms with Crippen molar-refractivity contribution in [2.24, 2.45) is 5.73 Å². The second kappa shape index (κ2) is 5.78. The SMILES string of the molecule is CC(N)CCCc1nc(C2CCCC2)cs1. The zero-order valence-electron chi connectivity index (χ0n) is 10.1. The van der Waals surface area contributed by atoms with Crippen molar-refractivity contribution in [1.29, 1.82) is 0 Å². The molecule has 0 radical (unpaired) electrons. The summed E-state index contributed by atoms with van der Waals surface area (Å²) in [7, 11) is 0. The monoisotopic (exact) mass is 238 g/mol. The first kappa shape index (κ1) is 12.1. The van der Waals surface area contributed by atoms with Crippen LogP contribution in [0.1, 0.15) is 62.1 Å². The molecule has 1 aromatic rings. The summed E-state index contributed by atoms with van der Waals surface area (Å²) in [6.07, 6.45) is 8.88. The Labute approximate surface area is 102 Å². The summed E-state index contributed by atoms with van der Waals surface area (Å²) in [5.74, 6) is 0.762. The second-order valence-corrected chi connectivity index (χ2v) is 5.96. The summed E-state index contributed by atoms with van der Waals surface area (Å²) >= 11 is 1.84. The third-order valence-corrected chi connectivity index (χ3v) is 4.32. The Kier molecular flexibility index (Phi) is 4.36. The molecule has 1 aliphatic rings. The van der Waals surface area contributed by atoms with Gasteiger partial charge in [0.2, 0.25) is 0 Å². The van der Waals surface area contributed by atoms with Crippen LogP contribution in [0.15, 0.2) is 5.38 Å². The molecule has 3 heteroatoms. The van der Waals surface area contributed by atoms with E-state index in [1.807, 2.05) is 11.3 Å². The fourth-order valence-corrected chi connectivity index (χ4v) is 3.35. The molecule has 0 aromatic carbocycles. The highest BCUT2D eigenvalue weighted by atomic mass is 32.1. The first-order chi connectivity index (χ1) is 7.75. The summed E-state index contributed by atoms with van der Waals surface area (Å²) < 4.78 is 0. The van der Waals surface area contributed by atoms with Gasteiger partial charge in [-0.25, -0.2) is 4.98 Å². The van der Waals surface area contributed by atoms with E-state index in [-0.39, 0.29) is 0 Å². The highest BCUT2D eigenvalue weighted by Gasteiger charge is 2.19. The van der Waals surface area contributed by atoms with Gasteiger partial charge in [0.15, 0.2) is 0 Å². The Balaban J connectivity index is 1.82. The van der Waals surface area contributed by atoms with Crippen molar-refractivity contribution in [3.8, 4) is 0 Å². The summed E-state index contributed by atoms with van der Waals surface area (Å²) in [5.41, 5.74) is 7.10. The van der Waals surface area contributed by atoms with Crippen LogP contribution < -0.4 is 5.73 Å². The van der Waals surface area contributed by atoms with Gasteiger partial charge in [-0.15, -0.1) is 11.3 Å². The van der Waals surface area contributed by atoms with Crippen molar-refractivity contribution in [2.75, 3.05) is 0 Å². The first-order valence-electron chi connectivity index (χ1n) is 6.45. The third-order valence-electron chi connectivity index (χ3n) is 3.39. The molecular weight excluding hydrogens is 216 g/mol. The fourth-order valence-electron chi connectivity index (χ4n) is 2.42. The Bertz CT molecular complexity index is 313. The van der Waals surface area contributed by atoms with Crippen molar-refractivity contribution in [3.05, 3.63) is 16.1 Å². The average Bonchev–Trinajstić information content (AvgIpc) is 2.85. The summed E-state index contributed by atoms with van der Waals surface area (Å²) in [5, 5.41) is 3.58. The van der Waals surface area contributed by atoms with Gasteiger partial charge in [-0.1, -0.05) is 12.8 Å². The van der Waals surface area contributed by atoms with Crippen LogP contribution in [0, 0.1) is 0 Å². The van der Waals surface area contributed by atoms with Crippen molar-refractivity contribution in [3.63, 3.8) is 0 Å². The van der Waals surface area contributed by atoms with E-state index < -0.39 is 0 Å². The molecule has 2 nitrogen and oxygen atoms in total. The molecule has 0 amide bonds. The normalized spacial score (nSPS) is 19.1. The van der Waals surface area contributed by atoms with Gasteiger partial charge in [0.25, 0.3) is 0 Å². The number of aromatic nitrogens is 1. The Morgan fingerprint density at radius 3 is 2.94 bits per heavy atom. The zero-order valence-corrected chi connectivity index (χ0v) is 10.9. The molecule has 0 bridgehead atoms. The van der Waals surface area contributed by atoms with E-state index in [0.717, 1.165) is 18.8 Å². The minimum Gasteiger partial charge on any atom is -0.328 e. The van der Waals surface area contributed by atoms with Crippen LogP contribution in [0.2, 0.25) is 0 Å². The van der Waals surface area contributed by atoms with Gasteiger partial charge in [-0.3, -0.25) is 0 Å². The molecule has 0 spiro atoms. The molecule has 90 valence electrons. The van der Waals surface area contributed by atoms with E-state index in [0.29, 0.717) is 6.04 Å². The van der Waals surface area contributed by atoms with Gasteiger partial charge in [0.05, 0.1) is 10.7 Å². The number of thiazole rings is 1. The number of nitrogens with two attached hydrogens (primary N) is 1. The van der Waals surface area contributed by atoms with Gasteiger partial charge in [0, 0.05) is 17.3 Å². The maximum atomic E-state index is 5.74. The molecule has 16 heavy (non-hydrogen) atoms. The number of hydrogen-bond donors (Lipinski definition) is 1. The van der Waals surface area contributed by atoms with E-state index in [9.17, 15) is 0 Å². The van der Waals surface area contributed by atoms with Crippen molar-refractivity contribution in [2.45, 2.75) is 63.8 Å². The summed E-state index contributed by atoms with van der Waals surface area (Å²) in [6.45, 7) is 2.08. The van der Waals surface area contributed by atoms with Crippen molar-refractivity contribution >= 4 is 11.3 Å². The molecule has 1 fully saturated rings. The Morgan fingerprint density at radius 1 is 1.50 bits per heavy atom. The lowest BCUT2D eigenvalue weighted by Crippen LogP contribution is -2.14. The predicted molar refractivity (Wildman–Crippen MR) is 69.9 cm³/mol. The fraction of sp³-hybridized carbons (Fsp3) is 0.769. The van der Waals surface area contributed by atoms with E-state index in [4.69, 9.17) is 10.7 Å². The number of aryl methyl sites for hydroxylation is 1. The molecule has 1 aliphatic carbocycles. The van der Waals surface area contributed by atoms with E-state index in [1.165, 1.54) is 42.8 Å². The van der Waals surface area contributed by atoms with Crippen LogP contribution in [-0.4, -0.2) is 11.0 Å². The molecule has 1 heterocycles. The standard InChI is InChI=1S/C13H22N2S/c1-10(14)5-4-8-13-15-12(9-16-13)11-6-2-3-7-11/h9-11H,2-8,14H2,1H3. The molecule has 2 N–H and O–H groups in total. The number of hydrogen-bond acceptors (Lipinski definition) is 3. The molecule has 1 aromatic heterocycles. The van der Waals surface area contributed by atoms with Crippen LogP contribution >= 0.6 is 11.3 Å². The van der Waals surface area contributed by atoms with Crippen LogP contribution in [-0.2, 0) is 6.42 Å². The maximum absolute atomic E-state index is 5.74. The van der Waals surface area contributed by atoms with Crippen LogP contribution in [0.3, 0.4) is 0 Å². The Morgan fingerprint density at radius 2 is 2.25 bits per heavy atom. The lowest BCUT2D eigenvalue weighted by atomic mass is 10.1. The van der Waals surface area contributed by atoms with Gasteiger partial charge in [-0.05, 0) is 39.0 Å². The van der Waals surface area contributed by atoms with Gasteiger partial charge >= 0.3 is 0 Å². The Hall–Kier alpha value is -0.410. The molecule has 2 rings (SSSR count). The van der Waals surface area contributed by atoms with Gasteiger partial charge < -0.3 is 5.73 Å². The highest BCUT2D eigenvalue weighted by molar-refractivity contribution is 7.09.